The molecule has 1 rings (SSSR count). The van der Waals surface area contributed by atoms with Gasteiger partial charge in [0.15, 0.2) is 0 Å². The average Bonchev–Trinajstić information content (AvgIpc) is 2.28. The predicted octanol–water partition coefficient (Wildman–Crippen LogP) is 2.57. The van der Waals surface area contributed by atoms with Crippen molar-refractivity contribution in [3.8, 4) is 0 Å². The standard InChI is InChI=1S/C11H15FN2O3/c1-3-17-7-8(2)13-9-4-5-10(12)11(6-9)14(15)16/h4-6,8,13H,3,7H2,1-2H3. The van der Waals surface area contributed by atoms with Crippen LogP contribution in [0.15, 0.2) is 18.2 Å². The minimum absolute atomic E-state index is 0.0000142. The summed E-state index contributed by atoms with van der Waals surface area (Å²) >= 11 is 0. The molecule has 94 valence electrons. The molecule has 0 fully saturated rings. The van der Waals surface area contributed by atoms with Crippen LogP contribution in [-0.4, -0.2) is 24.2 Å². The van der Waals surface area contributed by atoms with Crippen molar-refractivity contribution in [3.05, 3.63) is 34.1 Å². The van der Waals surface area contributed by atoms with Gasteiger partial charge in [-0.15, -0.1) is 0 Å². The van der Waals surface area contributed by atoms with Crippen LogP contribution in [-0.2, 0) is 4.74 Å². The van der Waals surface area contributed by atoms with Crippen molar-refractivity contribution in [1.82, 2.24) is 0 Å². The molecule has 1 unspecified atom stereocenters. The van der Waals surface area contributed by atoms with Crippen LogP contribution >= 0.6 is 0 Å². The van der Waals surface area contributed by atoms with E-state index < -0.39 is 16.4 Å². The third kappa shape index (κ3) is 3.99. The Morgan fingerprint density at radius 2 is 2.29 bits per heavy atom. The highest BCUT2D eigenvalue weighted by Crippen LogP contribution is 2.21. The molecule has 0 aromatic heterocycles. The van der Waals surface area contributed by atoms with Gasteiger partial charge in [-0.1, -0.05) is 0 Å². The van der Waals surface area contributed by atoms with E-state index in [1.807, 2.05) is 13.8 Å². The average molecular weight is 242 g/mol. The molecule has 5 nitrogen and oxygen atoms in total. The molecule has 0 amide bonds. The highest BCUT2D eigenvalue weighted by atomic mass is 19.1. The second kappa shape index (κ2) is 6.15. The van der Waals surface area contributed by atoms with E-state index in [9.17, 15) is 14.5 Å². The minimum atomic E-state index is -0.835. The molecule has 0 radical (unpaired) electrons. The number of hydrogen-bond donors (Lipinski definition) is 1. The summed E-state index contributed by atoms with van der Waals surface area (Å²) in [6.45, 7) is 4.86. The third-order valence-electron chi connectivity index (χ3n) is 2.13. The van der Waals surface area contributed by atoms with Crippen molar-refractivity contribution in [2.45, 2.75) is 19.9 Å². The first-order valence-corrected chi connectivity index (χ1v) is 5.32. The lowest BCUT2D eigenvalue weighted by Crippen LogP contribution is -2.21. The van der Waals surface area contributed by atoms with E-state index in [0.717, 1.165) is 6.07 Å². The van der Waals surface area contributed by atoms with Gasteiger partial charge in [0.2, 0.25) is 5.82 Å². The molecular weight excluding hydrogens is 227 g/mol. The summed E-state index contributed by atoms with van der Waals surface area (Å²) < 4.78 is 18.3. The first kappa shape index (κ1) is 13.4. The van der Waals surface area contributed by atoms with Gasteiger partial charge in [0.25, 0.3) is 0 Å². The van der Waals surface area contributed by atoms with E-state index in [-0.39, 0.29) is 6.04 Å². The van der Waals surface area contributed by atoms with Crippen LogP contribution in [0.1, 0.15) is 13.8 Å². The Kier molecular flexibility index (Phi) is 4.84. The summed E-state index contributed by atoms with van der Waals surface area (Å²) in [7, 11) is 0. The van der Waals surface area contributed by atoms with Crippen LogP contribution in [0.4, 0.5) is 15.8 Å². The van der Waals surface area contributed by atoms with E-state index in [2.05, 4.69) is 5.32 Å². The Morgan fingerprint density at radius 3 is 2.88 bits per heavy atom. The zero-order valence-electron chi connectivity index (χ0n) is 9.77. The van der Waals surface area contributed by atoms with Crippen LogP contribution in [0.25, 0.3) is 0 Å². The van der Waals surface area contributed by atoms with Crippen LogP contribution in [0.5, 0.6) is 0 Å². The minimum Gasteiger partial charge on any atom is -0.380 e. The molecule has 0 aliphatic rings. The van der Waals surface area contributed by atoms with Crippen LogP contribution in [0, 0.1) is 15.9 Å². The lowest BCUT2D eigenvalue weighted by atomic mass is 10.2. The molecule has 17 heavy (non-hydrogen) atoms. The van der Waals surface area contributed by atoms with Gasteiger partial charge in [-0.25, -0.2) is 0 Å². The third-order valence-corrected chi connectivity index (χ3v) is 2.13. The number of nitro groups is 1. The maximum atomic E-state index is 13.1. The zero-order valence-corrected chi connectivity index (χ0v) is 9.77. The van der Waals surface area contributed by atoms with Crippen molar-refractivity contribution in [2.75, 3.05) is 18.5 Å². The molecule has 1 N–H and O–H groups in total. The van der Waals surface area contributed by atoms with Crippen LogP contribution in [0.3, 0.4) is 0 Å². The maximum absolute atomic E-state index is 13.1. The number of benzene rings is 1. The van der Waals surface area contributed by atoms with Gasteiger partial charge in [-0.2, -0.15) is 4.39 Å². The van der Waals surface area contributed by atoms with Crippen molar-refractivity contribution in [3.63, 3.8) is 0 Å². The maximum Gasteiger partial charge on any atom is 0.306 e. The number of hydrogen-bond acceptors (Lipinski definition) is 4. The molecular formula is C11H15FN2O3. The summed E-state index contributed by atoms with van der Waals surface area (Å²) in [6, 6.07) is 3.72. The summed E-state index contributed by atoms with van der Waals surface area (Å²) in [5.74, 6) is -0.835. The van der Waals surface area contributed by atoms with Crippen LogP contribution in [0.2, 0.25) is 0 Å². The Bertz CT molecular complexity index is 398. The number of anilines is 1. The highest BCUT2D eigenvalue weighted by Gasteiger charge is 2.14. The smallest absolute Gasteiger partial charge is 0.306 e. The first-order chi connectivity index (χ1) is 8.04. The first-order valence-electron chi connectivity index (χ1n) is 5.32. The molecule has 0 saturated heterocycles. The van der Waals surface area contributed by atoms with Crippen molar-refractivity contribution < 1.29 is 14.1 Å². The van der Waals surface area contributed by atoms with Gasteiger partial charge in [-0.05, 0) is 26.0 Å². The van der Waals surface area contributed by atoms with E-state index >= 15 is 0 Å². The monoisotopic (exact) mass is 242 g/mol. The molecule has 0 spiro atoms. The van der Waals surface area contributed by atoms with Crippen LogP contribution < -0.4 is 5.32 Å². The number of nitro benzene ring substituents is 1. The zero-order chi connectivity index (χ0) is 12.8. The fourth-order valence-corrected chi connectivity index (χ4v) is 1.36. The summed E-state index contributed by atoms with van der Waals surface area (Å²) in [5.41, 5.74) is -0.0242. The fraction of sp³-hybridized carbons (Fsp3) is 0.455. The second-order valence-corrected chi connectivity index (χ2v) is 3.63. The Morgan fingerprint density at radius 1 is 1.59 bits per heavy atom. The van der Waals surface area contributed by atoms with Gasteiger partial charge in [-0.3, -0.25) is 10.1 Å². The largest absolute Gasteiger partial charge is 0.380 e. The molecule has 0 heterocycles. The number of nitrogens with one attached hydrogen (secondary N) is 1. The topological polar surface area (TPSA) is 64.4 Å². The SMILES string of the molecule is CCOCC(C)Nc1ccc(F)c([N+](=O)[O-])c1. The number of halogens is 1. The Balaban J connectivity index is 2.72. The van der Waals surface area contributed by atoms with Gasteiger partial charge in [0.1, 0.15) is 0 Å². The predicted molar refractivity (Wildman–Crippen MR) is 62.6 cm³/mol. The highest BCUT2D eigenvalue weighted by molar-refractivity contribution is 5.52. The Hall–Kier alpha value is -1.69. The normalized spacial score (nSPS) is 12.2. The molecule has 0 bridgehead atoms. The fourth-order valence-electron chi connectivity index (χ4n) is 1.36. The van der Waals surface area contributed by atoms with Crippen molar-refractivity contribution in [2.24, 2.45) is 0 Å². The van der Waals surface area contributed by atoms with E-state index in [1.54, 1.807) is 0 Å². The van der Waals surface area contributed by atoms with Crippen molar-refractivity contribution >= 4 is 11.4 Å². The Labute approximate surface area is 98.7 Å². The van der Waals surface area contributed by atoms with Crippen molar-refractivity contribution in [1.29, 1.82) is 0 Å². The van der Waals surface area contributed by atoms with E-state index in [1.165, 1.54) is 12.1 Å². The number of rotatable bonds is 6. The van der Waals surface area contributed by atoms with Gasteiger partial charge in [0, 0.05) is 24.4 Å². The molecule has 0 aliphatic heterocycles. The lowest BCUT2D eigenvalue weighted by Gasteiger charge is -2.14. The molecule has 0 saturated carbocycles. The van der Waals surface area contributed by atoms with E-state index in [4.69, 9.17) is 4.74 Å². The molecule has 0 aliphatic carbocycles. The summed E-state index contributed by atoms with van der Waals surface area (Å²) in [5, 5.41) is 13.5. The lowest BCUT2D eigenvalue weighted by molar-refractivity contribution is -0.387. The summed E-state index contributed by atoms with van der Waals surface area (Å²) in [4.78, 5) is 9.80. The van der Waals surface area contributed by atoms with Gasteiger partial charge < -0.3 is 10.1 Å². The molecule has 1 aromatic carbocycles. The quantitative estimate of drug-likeness (QED) is 0.615. The number of nitrogens with zero attached hydrogens (tertiary/aromatic N) is 1. The molecule has 6 heteroatoms. The molecule has 1 aromatic rings. The van der Waals surface area contributed by atoms with E-state index in [0.29, 0.717) is 18.9 Å². The number of ether oxygens (including phenoxy) is 1. The second-order valence-electron chi connectivity index (χ2n) is 3.63. The van der Waals surface area contributed by atoms with Gasteiger partial charge >= 0.3 is 5.69 Å². The molecule has 1 atom stereocenters. The summed E-state index contributed by atoms with van der Waals surface area (Å²) in [6.07, 6.45) is 0. The van der Waals surface area contributed by atoms with Gasteiger partial charge in [0.05, 0.1) is 11.5 Å².